The monoisotopic (exact) mass is 447 g/mol. The quantitative estimate of drug-likeness (QED) is 0.288. The summed E-state index contributed by atoms with van der Waals surface area (Å²) in [6.07, 6.45) is 5.66. The number of hydrogen-bond acceptors (Lipinski definition) is 4. The van der Waals surface area contributed by atoms with Crippen molar-refractivity contribution in [3.05, 3.63) is 108 Å². The van der Waals surface area contributed by atoms with Crippen LogP contribution in [0, 0.1) is 0 Å². The summed E-state index contributed by atoms with van der Waals surface area (Å²) in [5.74, 6) is 1.16. The van der Waals surface area contributed by atoms with E-state index < -0.39 is 0 Å². The Kier molecular flexibility index (Phi) is 6.13. The van der Waals surface area contributed by atoms with E-state index in [9.17, 15) is 0 Å². The number of benzene rings is 3. The molecule has 0 radical (unpaired) electrons. The average molecular weight is 448 g/mol. The Labute approximate surface area is 200 Å². The van der Waals surface area contributed by atoms with Crippen molar-refractivity contribution in [2.45, 2.75) is 18.8 Å². The van der Waals surface area contributed by atoms with Gasteiger partial charge in [0, 0.05) is 37.3 Å². The van der Waals surface area contributed by atoms with Crippen LogP contribution in [0.3, 0.4) is 0 Å². The number of methoxy groups -OCH3 is 1. The van der Waals surface area contributed by atoms with Gasteiger partial charge in [-0.1, -0.05) is 42.5 Å². The van der Waals surface area contributed by atoms with Crippen LogP contribution in [0.1, 0.15) is 22.6 Å². The van der Waals surface area contributed by atoms with Gasteiger partial charge in [0.05, 0.1) is 23.8 Å². The van der Waals surface area contributed by atoms with Crippen LogP contribution in [0.25, 0.3) is 21.8 Å². The number of anilines is 1. The smallest absolute Gasteiger partial charge is 0.142 e. The van der Waals surface area contributed by atoms with Gasteiger partial charge in [0.25, 0.3) is 0 Å². The van der Waals surface area contributed by atoms with E-state index in [1.54, 1.807) is 7.11 Å². The predicted molar refractivity (Wildman–Crippen MR) is 141 cm³/mol. The third-order valence-corrected chi connectivity index (χ3v) is 6.57. The van der Waals surface area contributed by atoms with Crippen molar-refractivity contribution in [3.63, 3.8) is 0 Å². The summed E-state index contributed by atoms with van der Waals surface area (Å²) in [7, 11) is 5.83. The molecule has 0 N–H and O–H groups in total. The molecule has 5 rings (SSSR count). The minimum atomic E-state index is 0.265. The fourth-order valence-electron chi connectivity index (χ4n) is 4.82. The summed E-state index contributed by atoms with van der Waals surface area (Å²) in [6, 6.07) is 27.7. The zero-order valence-corrected chi connectivity index (χ0v) is 19.9. The zero-order valence-electron chi connectivity index (χ0n) is 19.9. The Bertz CT molecular complexity index is 1350. The van der Waals surface area contributed by atoms with E-state index in [1.165, 1.54) is 27.5 Å². The molecule has 0 aliphatic carbocycles. The average Bonchev–Trinajstić information content (AvgIpc) is 2.88. The second-order valence-electron chi connectivity index (χ2n) is 8.91. The number of ether oxygens (including phenoxy) is 1. The van der Waals surface area contributed by atoms with Gasteiger partial charge in [0.1, 0.15) is 5.75 Å². The standard InChI is InChI=1S/C30H29N3O/c1-33(2)29-13-12-21(20-30(29)34-3)24(18-22-14-16-31-27-10-6-4-8-25(22)27)19-23-15-17-32-28-11-7-5-9-26(23)28/h4-17,20,24H,18-19H2,1-3H3. The number of para-hydroxylation sites is 2. The number of aromatic nitrogens is 2. The number of fused-ring (bicyclic) bond motifs is 2. The van der Waals surface area contributed by atoms with Gasteiger partial charge < -0.3 is 9.64 Å². The zero-order chi connectivity index (χ0) is 23.5. The van der Waals surface area contributed by atoms with Crippen molar-refractivity contribution in [3.8, 4) is 5.75 Å². The molecular formula is C30H29N3O. The van der Waals surface area contributed by atoms with Crippen LogP contribution in [0.4, 0.5) is 5.69 Å². The summed E-state index contributed by atoms with van der Waals surface area (Å²) in [5.41, 5.74) is 7.04. The van der Waals surface area contributed by atoms with Crippen molar-refractivity contribution >= 4 is 27.5 Å². The van der Waals surface area contributed by atoms with E-state index in [4.69, 9.17) is 4.74 Å². The SMILES string of the molecule is COc1cc(C(Cc2ccnc3ccccc23)Cc2ccnc3ccccc23)ccc1N(C)C. The number of rotatable bonds is 7. The second-order valence-corrected chi connectivity index (χ2v) is 8.91. The minimum absolute atomic E-state index is 0.265. The lowest BCUT2D eigenvalue weighted by molar-refractivity contribution is 0.414. The highest BCUT2D eigenvalue weighted by Gasteiger charge is 2.19. The third-order valence-electron chi connectivity index (χ3n) is 6.57. The van der Waals surface area contributed by atoms with Gasteiger partial charge in [-0.25, -0.2) is 0 Å². The van der Waals surface area contributed by atoms with Gasteiger partial charge in [0.15, 0.2) is 0 Å². The maximum absolute atomic E-state index is 5.78. The largest absolute Gasteiger partial charge is 0.495 e. The first kappa shape index (κ1) is 21.9. The second kappa shape index (κ2) is 9.52. The molecule has 2 aromatic heterocycles. The molecule has 4 heteroatoms. The van der Waals surface area contributed by atoms with E-state index in [1.807, 2.05) is 38.6 Å². The van der Waals surface area contributed by atoms with Crippen molar-refractivity contribution in [1.82, 2.24) is 9.97 Å². The molecule has 0 bridgehead atoms. The van der Waals surface area contributed by atoms with Gasteiger partial charge >= 0.3 is 0 Å². The maximum atomic E-state index is 5.78. The molecule has 4 nitrogen and oxygen atoms in total. The summed E-state index contributed by atoms with van der Waals surface area (Å²) < 4.78 is 5.78. The number of nitrogens with zero attached hydrogens (tertiary/aromatic N) is 3. The molecule has 170 valence electrons. The van der Waals surface area contributed by atoms with Gasteiger partial charge in [-0.05, 0) is 71.8 Å². The van der Waals surface area contributed by atoms with Crippen LogP contribution >= 0.6 is 0 Å². The summed E-state index contributed by atoms with van der Waals surface area (Å²) in [6.45, 7) is 0. The Morgan fingerprint density at radius 2 is 1.29 bits per heavy atom. The van der Waals surface area contributed by atoms with Crippen molar-refractivity contribution in [2.24, 2.45) is 0 Å². The molecule has 0 saturated heterocycles. The van der Waals surface area contributed by atoms with E-state index in [-0.39, 0.29) is 5.92 Å². The molecule has 3 aromatic carbocycles. The molecular weight excluding hydrogens is 418 g/mol. The van der Waals surface area contributed by atoms with Crippen LogP contribution in [0.2, 0.25) is 0 Å². The molecule has 5 aromatic rings. The molecule has 2 heterocycles. The first-order chi connectivity index (χ1) is 16.6. The lowest BCUT2D eigenvalue weighted by Gasteiger charge is -2.23. The highest BCUT2D eigenvalue weighted by Crippen LogP contribution is 2.35. The van der Waals surface area contributed by atoms with Crippen LogP contribution in [0.15, 0.2) is 91.3 Å². The van der Waals surface area contributed by atoms with Crippen LogP contribution in [-0.4, -0.2) is 31.2 Å². The van der Waals surface area contributed by atoms with E-state index in [0.717, 1.165) is 35.3 Å². The predicted octanol–water partition coefficient (Wildman–Crippen LogP) is 6.43. The molecule has 0 saturated carbocycles. The fraction of sp³-hybridized carbons (Fsp3) is 0.200. The molecule has 0 spiro atoms. The Morgan fingerprint density at radius 3 is 1.82 bits per heavy atom. The first-order valence-electron chi connectivity index (χ1n) is 11.6. The van der Waals surface area contributed by atoms with Crippen molar-refractivity contribution < 1.29 is 4.74 Å². The molecule has 34 heavy (non-hydrogen) atoms. The van der Waals surface area contributed by atoms with Crippen LogP contribution in [0.5, 0.6) is 5.75 Å². The topological polar surface area (TPSA) is 38.3 Å². The molecule has 0 atom stereocenters. The molecule has 0 amide bonds. The molecule has 0 unspecified atom stereocenters. The Hall–Kier alpha value is -3.92. The summed E-state index contributed by atoms with van der Waals surface area (Å²) in [4.78, 5) is 11.2. The molecule has 0 aliphatic rings. The first-order valence-corrected chi connectivity index (χ1v) is 11.6. The maximum Gasteiger partial charge on any atom is 0.142 e. The van der Waals surface area contributed by atoms with E-state index in [2.05, 4.69) is 81.6 Å². The normalized spacial score (nSPS) is 11.3. The Balaban J connectivity index is 1.60. The summed E-state index contributed by atoms with van der Waals surface area (Å²) >= 11 is 0. The van der Waals surface area contributed by atoms with Crippen LogP contribution < -0.4 is 9.64 Å². The lowest BCUT2D eigenvalue weighted by atomic mass is 9.85. The Morgan fingerprint density at radius 1 is 0.735 bits per heavy atom. The third kappa shape index (κ3) is 4.32. The highest BCUT2D eigenvalue weighted by molar-refractivity contribution is 5.83. The molecule has 0 aliphatic heterocycles. The number of hydrogen-bond donors (Lipinski definition) is 0. The van der Waals surface area contributed by atoms with Gasteiger partial charge in [0.2, 0.25) is 0 Å². The van der Waals surface area contributed by atoms with E-state index in [0.29, 0.717) is 0 Å². The molecule has 0 fully saturated rings. The van der Waals surface area contributed by atoms with Gasteiger partial charge in [-0.3, -0.25) is 9.97 Å². The van der Waals surface area contributed by atoms with E-state index >= 15 is 0 Å². The summed E-state index contributed by atoms with van der Waals surface area (Å²) in [5, 5.41) is 2.43. The minimum Gasteiger partial charge on any atom is -0.495 e. The van der Waals surface area contributed by atoms with Crippen molar-refractivity contribution in [2.75, 3.05) is 26.1 Å². The highest BCUT2D eigenvalue weighted by atomic mass is 16.5. The lowest BCUT2D eigenvalue weighted by Crippen LogP contribution is -2.12. The fourth-order valence-corrected chi connectivity index (χ4v) is 4.82. The van der Waals surface area contributed by atoms with Crippen molar-refractivity contribution in [1.29, 1.82) is 0 Å². The number of pyridine rings is 2. The van der Waals surface area contributed by atoms with Gasteiger partial charge in [-0.2, -0.15) is 0 Å². The van der Waals surface area contributed by atoms with Crippen LogP contribution in [-0.2, 0) is 12.8 Å². The van der Waals surface area contributed by atoms with Gasteiger partial charge in [-0.15, -0.1) is 0 Å².